The van der Waals surface area contributed by atoms with Crippen LogP contribution in [0.4, 0.5) is 5.95 Å². The summed E-state index contributed by atoms with van der Waals surface area (Å²) in [6.07, 6.45) is 1.25. The highest BCUT2D eigenvalue weighted by Crippen LogP contribution is 2.34. The molecule has 0 aliphatic rings. The second kappa shape index (κ2) is 8.45. The molecule has 11 nitrogen and oxygen atoms in total. The summed E-state index contributed by atoms with van der Waals surface area (Å²) < 4.78 is 54.1. The molecule has 5 aromatic rings. The van der Waals surface area contributed by atoms with Gasteiger partial charge in [0, 0.05) is 11.6 Å². The standard InChI is InChI=1S/C23H21N7O4/c1-13-17(25-12-34-13)10-29-23(32)30-21(28-29)19(15-8-16(11-31)26-18(9-15)33-2)20(27-22(30)24)14-6-4-3-5-7-14/h3-9,12,31H,10-11H2,1-2H3,(H2,24,27)/p+1/i3D,4D,5D,6D,7D. The number of oxazole rings is 1. The van der Waals surface area contributed by atoms with E-state index in [4.69, 9.17) is 21.7 Å². The first-order valence-electron chi connectivity index (χ1n) is 12.5. The van der Waals surface area contributed by atoms with E-state index < -0.39 is 42.5 Å². The molecule has 0 unspecified atom stereocenters. The van der Waals surface area contributed by atoms with Gasteiger partial charge in [0.2, 0.25) is 11.5 Å². The van der Waals surface area contributed by atoms with Gasteiger partial charge in [-0.15, -0.1) is 9.50 Å². The van der Waals surface area contributed by atoms with E-state index in [9.17, 15) is 9.90 Å². The first-order valence-corrected chi connectivity index (χ1v) is 10.0. The van der Waals surface area contributed by atoms with Gasteiger partial charge in [-0.3, -0.25) is 5.73 Å². The van der Waals surface area contributed by atoms with Gasteiger partial charge in [-0.2, -0.15) is 4.68 Å². The van der Waals surface area contributed by atoms with Crippen LogP contribution in [-0.4, -0.2) is 36.4 Å². The number of aryl methyl sites for hydroxylation is 1. The Kier molecular flexibility index (Phi) is 4.01. The molecule has 0 amide bonds. The molecule has 4 heterocycles. The molecule has 0 atom stereocenters. The smallest absolute Gasteiger partial charge is 0.411 e. The van der Waals surface area contributed by atoms with Gasteiger partial charge in [-0.25, -0.2) is 19.7 Å². The van der Waals surface area contributed by atoms with E-state index in [1.165, 1.54) is 25.6 Å². The predicted molar refractivity (Wildman–Crippen MR) is 122 cm³/mol. The van der Waals surface area contributed by atoms with E-state index in [0.717, 1.165) is 9.08 Å². The third-order valence-electron chi connectivity index (χ3n) is 5.22. The van der Waals surface area contributed by atoms with Crippen molar-refractivity contribution in [1.82, 2.24) is 24.1 Å². The Bertz CT molecular complexity index is 1780. The number of anilines is 1. The maximum Gasteiger partial charge on any atom is 0.411 e. The number of methoxy groups -OCH3 is 1. The lowest BCUT2D eigenvalue weighted by atomic mass is 10.00. The topological polar surface area (TPSA) is 148 Å². The molecule has 0 saturated carbocycles. The van der Waals surface area contributed by atoms with Crippen LogP contribution >= 0.6 is 0 Å². The Labute approximate surface area is 200 Å². The molecule has 1 aromatic carbocycles. The van der Waals surface area contributed by atoms with Crippen molar-refractivity contribution in [3.63, 3.8) is 0 Å². The Morgan fingerprint density at radius 3 is 2.74 bits per heavy atom. The molecule has 0 aliphatic heterocycles. The van der Waals surface area contributed by atoms with Crippen LogP contribution in [0.15, 0.2) is 58.0 Å². The monoisotopic (exact) mass is 465 g/mol. The number of hydrogen-bond acceptors (Lipinski definition) is 8. The van der Waals surface area contributed by atoms with Gasteiger partial charge in [0.1, 0.15) is 17.1 Å². The highest BCUT2D eigenvalue weighted by molar-refractivity contribution is 5.89. The lowest BCUT2D eigenvalue weighted by Crippen LogP contribution is -2.28. The number of aliphatic hydroxyl groups is 1. The van der Waals surface area contributed by atoms with Crippen molar-refractivity contribution >= 4 is 11.6 Å². The minimum atomic E-state index is -0.626. The van der Waals surface area contributed by atoms with Gasteiger partial charge in [0.15, 0.2) is 6.39 Å². The average molecular weight is 466 g/mol. The number of nitrogens with two attached hydrogens (primary N) is 1. The molecule has 5 rings (SSSR count). The van der Waals surface area contributed by atoms with Crippen molar-refractivity contribution in [2.75, 3.05) is 12.8 Å². The van der Waals surface area contributed by atoms with Crippen molar-refractivity contribution in [1.29, 1.82) is 0 Å². The normalized spacial score (nSPS) is 13.3. The summed E-state index contributed by atoms with van der Waals surface area (Å²) in [4.78, 5) is 24.6. The molecule has 4 N–H and O–H groups in total. The Morgan fingerprint density at radius 1 is 1.26 bits per heavy atom. The number of nitrogen functional groups attached to an aromatic ring is 1. The molecule has 0 radical (unpaired) electrons. The van der Waals surface area contributed by atoms with Gasteiger partial charge >= 0.3 is 11.6 Å². The van der Waals surface area contributed by atoms with E-state index in [0.29, 0.717) is 17.0 Å². The highest BCUT2D eigenvalue weighted by atomic mass is 16.5. The molecule has 0 aliphatic carbocycles. The fourth-order valence-corrected chi connectivity index (χ4v) is 3.60. The number of ether oxygens (including phenoxy) is 1. The number of hydrogen-bond donors (Lipinski definition) is 2. The minimum absolute atomic E-state index is 0.00362. The van der Waals surface area contributed by atoms with Crippen LogP contribution in [0.2, 0.25) is 0 Å². The maximum absolute atomic E-state index is 13.4. The van der Waals surface area contributed by atoms with Crippen LogP contribution in [-0.2, 0) is 13.2 Å². The number of benzene rings is 1. The number of nitrogens with one attached hydrogen (secondary N) is 1. The summed E-state index contributed by atoms with van der Waals surface area (Å²) in [5.74, 6) is 0.413. The Balaban J connectivity index is 1.93. The lowest BCUT2D eigenvalue weighted by molar-refractivity contribution is -0.351. The molecular weight excluding hydrogens is 438 g/mol. The van der Waals surface area contributed by atoms with Crippen LogP contribution in [0.5, 0.6) is 5.88 Å². The summed E-state index contributed by atoms with van der Waals surface area (Å²) in [5.41, 5.74) is 6.62. The zero-order valence-electron chi connectivity index (χ0n) is 23.1. The second-order valence-electron chi connectivity index (χ2n) is 7.26. The number of aliphatic hydroxyl groups excluding tert-OH is 1. The van der Waals surface area contributed by atoms with Gasteiger partial charge < -0.3 is 14.3 Å². The molecule has 0 spiro atoms. The van der Waals surface area contributed by atoms with Gasteiger partial charge in [0.05, 0.1) is 38.4 Å². The summed E-state index contributed by atoms with van der Waals surface area (Å²) in [5, 5.41) is 14.3. The Hall–Kier alpha value is -4.51. The second-order valence-corrected chi connectivity index (χ2v) is 7.26. The quantitative estimate of drug-likeness (QED) is 0.383. The number of nitrogens with zero attached hydrogens (tertiary/aromatic N) is 5. The van der Waals surface area contributed by atoms with Crippen molar-refractivity contribution in [3.05, 3.63) is 76.4 Å². The summed E-state index contributed by atoms with van der Waals surface area (Å²) >= 11 is 0. The minimum Gasteiger partial charge on any atom is -0.481 e. The van der Waals surface area contributed by atoms with Crippen molar-refractivity contribution in [3.8, 4) is 28.3 Å². The van der Waals surface area contributed by atoms with E-state index in [-0.39, 0.29) is 46.5 Å². The Morgan fingerprint density at radius 2 is 2.06 bits per heavy atom. The van der Waals surface area contributed by atoms with Gasteiger partial charge in [-0.1, -0.05) is 30.2 Å². The number of rotatable bonds is 6. The number of aromatic amines is 1. The van der Waals surface area contributed by atoms with Crippen LogP contribution in [0.3, 0.4) is 0 Å². The largest absolute Gasteiger partial charge is 0.481 e. The van der Waals surface area contributed by atoms with E-state index in [1.807, 2.05) is 0 Å². The molecule has 0 saturated heterocycles. The van der Waals surface area contributed by atoms with Gasteiger partial charge in [0.25, 0.3) is 0 Å². The summed E-state index contributed by atoms with van der Waals surface area (Å²) in [7, 11) is 1.38. The summed E-state index contributed by atoms with van der Waals surface area (Å²) in [6.45, 7) is 1.19. The van der Waals surface area contributed by atoms with Crippen molar-refractivity contribution in [2.24, 2.45) is 0 Å². The molecule has 0 fully saturated rings. The zero-order valence-corrected chi connectivity index (χ0v) is 18.1. The van der Waals surface area contributed by atoms with E-state index >= 15 is 0 Å². The SMILES string of the molecule is [2H]c1c([2H])c([2H])c(-c2[nH+]c(N)n3c(=O)n(Cc4ncoc4C)nc3c2-c2cc(CO)nc(OC)c2)c([2H])c1[2H]. The number of aromatic nitrogens is 6. The van der Waals surface area contributed by atoms with Gasteiger partial charge in [-0.05, 0) is 18.6 Å². The zero-order chi connectivity index (χ0) is 28.2. The highest BCUT2D eigenvalue weighted by Gasteiger charge is 2.27. The third-order valence-corrected chi connectivity index (χ3v) is 5.22. The van der Waals surface area contributed by atoms with E-state index in [2.05, 4.69) is 20.1 Å². The van der Waals surface area contributed by atoms with E-state index in [1.54, 1.807) is 6.92 Å². The third kappa shape index (κ3) is 3.57. The fraction of sp³-hybridized carbons (Fsp3) is 0.174. The first-order chi connectivity index (χ1) is 18.6. The molecule has 4 aromatic heterocycles. The van der Waals surface area contributed by atoms with Crippen LogP contribution < -0.4 is 21.1 Å². The van der Waals surface area contributed by atoms with Crippen molar-refractivity contribution < 1.29 is 26.1 Å². The fourth-order valence-electron chi connectivity index (χ4n) is 3.60. The van der Waals surface area contributed by atoms with Crippen LogP contribution in [0.1, 0.15) is 24.0 Å². The van der Waals surface area contributed by atoms with Crippen LogP contribution in [0, 0.1) is 6.92 Å². The molecule has 172 valence electrons. The number of H-pyrrole nitrogens is 1. The molecular formula is C23H22N7O4+. The molecule has 0 bridgehead atoms. The average Bonchev–Trinajstić information content (AvgIpc) is 3.48. The number of fused-ring (bicyclic) bond motifs is 1. The number of pyridine rings is 1. The predicted octanol–water partition coefficient (Wildman–Crippen LogP) is 1.47. The summed E-state index contributed by atoms with van der Waals surface area (Å²) in [6, 6.07) is 0.333. The molecule has 11 heteroatoms. The first kappa shape index (κ1) is 16.2. The molecule has 34 heavy (non-hydrogen) atoms. The van der Waals surface area contributed by atoms with Crippen LogP contribution in [0.25, 0.3) is 28.0 Å². The lowest BCUT2D eigenvalue weighted by Gasteiger charge is -2.11. The maximum atomic E-state index is 13.4. The van der Waals surface area contributed by atoms with Crippen molar-refractivity contribution in [2.45, 2.75) is 20.1 Å².